The van der Waals surface area contributed by atoms with Crippen LogP contribution in [0.15, 0.2) is 42.5 Å². The third kappa shape index (κ3) is 8.66. The van der Waals surface area contributed by atoms with E-state index in [1.54, 1.807) is 6.07 Å². The van der Waals surface area contributed by atoms with Crippen molar-refractivity contribution in [2.75, 3.05) is 0 Å². The van der Waals surface area contributed by atoms with E-state index in [1.807, 2.05) is 6.07 Å². The molecule has 3 rings (SSSR count). The second-order valence-electron chi connectivity index (χ2n) is 9.99. The van der Waals surface area contributed by atoms with Gasteiger partial charge >= 0.3 is 0 Å². The molecule has 1 aliphatic carbocycles. The molecule has 0 aromatic heterocycles. The van der Waals surface area contributed by atoms with E-state index in [0.717, 1.165) is 31.2 Å². The Balaban J connectivity index is 1.44. The molecular weight excluding hydrogens is 403 g/mol. The SMILES string of the molecule is CCCCCCCc1ccc(C2CCC(C#Cc3ccc(CCCCC)cc3F)CC2)cc1. The van der Waals surface area contributed by atoms with Gasteiger partial charge in [-0.15, -0.1) is 0 Å². The van der Waals surface area contributed by atoms with Crippen molar-refractivity contribution in [1.29, 1.82) is 0 Å². The predicted molar refractivity (Wildman–Crippen MR) is 140 cm³/mol. The van der Waals surface area contributed by atoms with Crippen molar-refractivity contribution < 1.29 is 4.39 Å². The Kier molecular flexibility index (Phi) is 11.0. The molecule has 0 atom stereocenters. The van der Waals surface area contributed by atoms with Crippen LogP contribution in [-0.4, -0.2) is 0 Å². The molecule has 178 valence electrons. The summed E-state index contributed by atoms with van der Waals surface area (Å²) >= 11 is 0. The highest BCUT2D eigenvalue weighted by Crippen LogP contribution is 2.35. The van der Waals surface area contributed by atoms with Gasteiger partial charge in [0.15, 0.2) is 0 Å². The van der Waals surface area contributed by atoms with E-state index in [4.69, 9.17) is 0 Å². The molecule has 1 fully saturated rings. The van der Waals surface area contributed by atoms with Gasteiger partial charge in [-0.1, -0.05) is 94.5 Å². The summed E-state index contributed by atoms with van der Waals surface area (Å²) in [4.78, 5) is 0. The lowest BCUT2D eigenvalue weighted by Gasteiger charge is -2.26. The summed E-state index contributed by atoms with van der Waals surface area (Å²) in [6.45, 7) is 4.46. The van der Waals surface area contributed by atoms with Gasteiger partial charge in [-0.3, -0.25) is 0 Å². The van der Waals surface area contributed by atoms with Crippen LogP contribution in [0.25, 0.3) is 0 Å². The molecule has 1 heteroatoms. The van der Waals surface area contributed by atoms with Crippen LogP contribution in [-0.2, 0) is 12.8 Å². The molecule has 0 amide bonds. The summed E-state index contributed by atoms with van der Waals surface area (Å²) in [5, 5.41) is 0. The van der Waals surface area contributed by atoms with Gasteiger partial charge in [0, 0.05) is 5.92 Å². The molecule has 1 saturated carbocycles. The van der Waals surface area contributed by atoms with Gasteiger partial charge in [-0.25, -0.2) is 4.39 Å². The standard InChI is InChI=1S/C32H43F/c1-3-5-7-8-10-11-26-13-19-29(20-14-26)30-21-15-27(16-22-30)17-23-31-24-18-28(25-32(31)33)12-9-6-4-2/h13-14,18-20,24-25,27,30H,3-12,15-16,21-22H2,1-2H3. The smallest absolute Gasteiger partial charge is 0.139 e. The number of hydrogen-bond donors (Lipinski definition) is 0. The Bertz CT molecular complexity index is 875. The number of unbranched alkanes of at least 4 members (excludes halogenated alkanes) is 6. The van der Waals surface area contributed by atoms with Gasteiger partial charge in [-0.2, -0.15) is 0 Å². The third-order valence-electron chi connectivity index (χ3n) is 7.26. The molecule has 0 nitrogen and oxygen atoms in total. The quantitative estimate of drug-likeness (QED) is 0.238. The monoisotopic (exact) mass is 446 g/mol. The second kappa shape index (κ2) is 14.2. The fourth-order valence-corrected chi connectivity index (χ4v) is 5.03. The topological polar surface area (TPSA) is 0 Å². The van der Waals surface area contributed by atoms with Crippen molar-refractivity contribution in [3.8, 4) is 11.8 Å². The minimum atomic E-state index is -0.157. The van der Waals surface area contributed by atoms with E-state index in [0.29, 0.717) is 17.4 Å². The Hall–Kier alpha value is -2.07. The Labute approximate surface area is 202 Å². The van der Waals surface area contributed by atoms with Crippen LogP contribution < -0.4 is 0 Å². The van der Waals surface area contributed by atoms with E-state index < -0.39 is 0 Å². The van der Waals surface area contributed by atoms with Crippen molar-refractivity contribution in [3.63, 3.8) is 0 Å². The molecule has 33 heavy (non-hydrogen) atoms. The van der Waals surface area contributed by atoms with Gasteiger partial charge in [0.25, 0.3) is 0 Å². The van der Waals surface area contributed by atoms with Crippen LogP contribution in [0.4, 0.5) is 4.39 Å². The fourth-order valence-electron chi connectivity index (χ4n) is 5.03. The van der Waals surface area contributed by atoms with Crippen molar-refractivity contribution in [2.45, 2.75) is 110 Å². The minimum Gasteiger partial charge on any atom is -0.206 e. The zero-order valence-corrected chi connectivity index (χ0v) is 21.0. The predicted octanol–water partition coefficient (Wildman–Crippen LogP) is 9.40. The van der Waals surface area contributed by atoms with Crippen LogP contribution in [0.3, 0.4) is 0 Å². The van der Waals surface area contributed by atoms with Crippen LogP contribution in [0.2, 0.25) is 0 Å². The van der Waals surface area contributed by atoms with E-state index in [1.165, 1.54) is 75.3 Å². The summed E-state index contributed by atoms with van der Waals surface area (Å²) in [6, 6.07) is 15.0. The first-order valence-corrected chi connectivity index (χ1v) is 13.6. The first-order chi connectivity index (χ1) is 16.2. The number of rotatable bonds is 11. The molecule has 0 heterocycles. The Morgan fingerprint density at radius 2 is 1.33 bits per heavy atom. The lowest BCUT2D eigenvalue weighted by molar-refractivity contribution is 0.384. The number of hydrogen-bond acceptors (Lipinski definition) is 0. The first-order valence-electron chi connectivity index (χ1n) is 13.6. The summed E-state index contributed by atoms with van der Waals surface area (Å²) in [7, 11) is 0. The third-order valence-corrected chi connectivity index (χ3v) is 7.26. The highest BCUT2D eigenvalue weighted by atomic mass is 19.1. The Morgan fingerprint density at radius 3 is 2.03 bits per heavy atom. The summed E-state index contributed by atoms with van der Waals surface area (Å²) < 4.78 is 14.5. The van der Waals surface area contributed by atoms with Crippen LogP contribution >= 0.6 is 0 Å². The van der Waals surface area contributed by atoms with Crippen molar-refractivity contribution in [1.82, 2.24) is 0 Å². The molecule has 0 radical (unpaired) electrons. The summed E-state index contributed by atoms with van der Waals surface area (Å²) in [5.74, 6) is 7.42. The van der Waals surface area contributed by atoms with Gasteiger partial charge in [-0.05, 0) is 86.1 Å². The fraction of sp³-hybridized carbons (Fsp3) is 0.562. The molecule has 0 spiro atoms. The minimum absolute atomic E-state index is 0.157. The van der Waals surface area contributed by atoms with E-state index in [2.05, 4.69) is 56.0 Å². The van der Waals surface area contributed by atoms with Crippen molar-refractivity contribution in [3.05, 3.63) is 70.5 Å². The zero-order valence-electron chi connectivity index (χ0n) is 21.0. The summed E-state index contributed by atoms with van der Waals surface area (Å²) in [6.07, 6.45) is 17.0. The highest BCUT2D eigenvalue weighted by Gasteiger charge is 2.21. The average Bonchev–Trinajstić information content (AvgIpc) is 2.84. The second-order valence-corrected chi connectivity index (χ2v) is 9.99. The first kappa shape index (κ1) is 25.6. The highest BCUT2D eigenvalue weighted by molar-refractivity contribution is 5.38. The molecule has 0 unspecified atom stereocenters. The van der Waals surface area contributed by atoms with Crippen molar-refractivity contribution in [2.24, 2.45) is 5.92 Å². The van der Waals surface area contributed by atoms with E-state index >= 15 is 0 Å². The number of benzene rings is 2. The molecule has 0 aliphatic heterocycles. The van der Waals surface area contributed by atoms with Gasteiger partial charge < -0.3 is 0 Å². The largest absolute Gasteiger partial charge is 0.206 e. The molecule has 1 aliphatic rings. The van der Waals surface area contributed by atoms with Gasteiger partial charge in [0.1, 0.15) is 5.82 Å². The lowest BCUT2D eigenvalue weighted by Crippen LogP contribution is -2.12. The van der Waals surface area contributed by atoms with Crippen molar-refractivity contribution >= 4 is 0 Å². The lowest BCUT2D eigenvalue weighted by atomic mass is 9.78. The van der Waals surface area contributed by atoms with Gasteiger partial charge in [0.2, 0.25) is 0 Å². The van der Waals surface area contributed by atoms with E-state index in [9.17, 15) is 4.39 Å². The maximum atomic E-state index is 14.5. The maximum Gasteiger partial charge on any atom is 0.139 e. The maximum absolute atomic E-state index is 14.5. The number of aryl methyl sites for hydroxylation is 2. The van der Waals surface area contributed by atoms with Gasteiger partial charge in [0.05, 0.1) is 5.56 Å². The van der Waals surface area contributed by atoms with Crippen LogP contribution in [0, 0.1) is 23.6 Å². The molecule has 2 aromatic rings. The molecule has 0 saturated heterocycles. The average molecular weight is 447 g/mol. The molecule has 0 bridgehead atoms. The number of halogens is 1. The normalized spacial score (nSPS) is 18.0. The van der Waals surface area contributed by atoms with Crippen LogP contribution in [0.1, 0.15) is 119 Å². The van der Waals surface area contributed by atoms with E-state index in [-0.39, 0.29) is 5.82 Å². The Morgan fingerprint density at radius 1 is 0.727 bits per heavy atom. The summed E-state index contributed by atoms with van der Waals surface area (Å²) in [5.41, 5.74) is 4.62. The van der Waals surface area contributed by atoms with Crippen LogP contribution in [0.5, 0.6) is 0 Å². The molecule has 2 aromatic carbocycles. The zero-order chi connectivity index (χ0) is 23.3. The molecule has 0 N–H and O–H groups in total. The molecular formula is C32H43F.